The molecule has 0 aliphatic heterocycles. The normalized spacial score (nSPS) is 10.2. The van der Waals surface area contributed by atoms with Crippen molar-refractivity contribution in [2.75, 3.05) is 6.61 Å². The number of hydrogen-bond donors (Lipinski definition) is 0. The number of hydrogen-bond acceptors (Lipinski definition) is 4. The van der Waals surface area contributed by atoms with Crippen molar-refractivity contribution in [2.45, 2.75) is 13.8 Å². The molecule has 0 fully saturated rings. The van der Waals surface area contributed by atoms with Gasteiger partial charge in [0.25, 0.3) is 0 Å². The Bertz CT molecular complexity index is 594. The average Bonchev–Trinajstić information content (AvgIpc) is 2.37. The van der Waals surface area contributed by atoms with Crippen LogP contribution in [0, 0.1) is 13.8 Å². The lowest BCUT2D eigenvalue weighted by Gasteiger charge is -2.15. The zero-order chi connectivity index (χ0) is 13.8. The molecule has 4 nitrogen and oxygen atoms in total. The molecular weight excluding hydrogens is 242 g/mol. The fourth-order valence-corrected chi connectivity index (χ4v) is 2.01. The van der Waals surface area contributed by atoms with Gasteiger partial charge in [0.05, 0.1) is 5.97 Å². The molecule has 1 aromatic carbocycles. The maximum absolute atomic E-state index is 10.6. The summed E-state index contributed by atoms with van der Waals surface area (Å²) in [5.74, 6) is -0.681. The number of pyridine rings is 1. The van der Waals surface area contributed by atoms with Crippen molar-refractivity contribution in [3.05, 3.63) is 47.8 Å². The van der Waals surface area contributed by atoms with E-state index in [0.717, 1.165) is 22.3 Å². The zero-order valence-corrected chi connectivity index (χ0v) is 10.8. The minimum atomic E-state index is -1.24. The number of aliphatic carboxylic acids is 1. The number of rotatable bonds is 4. The molecule has 0 atom stereocenters. The van der Waals surface area contributed by atoms with Crippen LogP contribution in [0.4, 0.5) is 0 Å². The Hall–Kier alpha value is -2.36. The average molecular weight is 256 g/mol. The number of carboxylic acids is 1. The molecule has 0 saturated carbocycles. The first-order valence-electron chi connectivity index (χ1n) is 5.92. The molecule has 1 heterocycles. The minimum Gasteiger partial charge on any atom is -0.546 e. The third-order valence-corrected chi connectivity index (χ3v) is 2.73. The van der Waals surface area contributed by atoms with Crippen molar-refractivity contribution >= 4 is 5.97 Å². The van der Waals surface area contributed by atoms with E-state index in [1.165, 1.54) is 0 Å². The highest BCUT2D eigenvalue weighted by atomic mass is 16.5. The van der Waals surface area contributed by atoms with Crippen LogP contribution >= 0.6 is 0 Å². The Morgan fingerprint density at radius 3 is 2.79 bits per heavy atom. The van der Waals surface area contributed by atoms with Gasteiger partial charge < -0.3 is 14.6 Å². The highest BCUT2D eigenvalue weighted by Gasteiger charge is 2.10. The molecule has 0 aliphatic rings. The van der Waals surface area contributed by atoms with E-state index in [1.807, 2.05) is 38.1 Å². The quantitative estimate of drug-likeness (QED) is 0.831. The molecule has 1 aromatic heterocycles. The lowest BCUT2D eigenvalue weighted by Crippen LogP contribution is -2.29. The third-order valence-electron chi connectivity index (χ3n) is 2.73. The second-order valence-corrected chi connectivity index (χ2v) is 4.36. The molecule has 98 valence electrons. The van der Waals surface area contributed by atoms with Gasteiger partial charge in [0, 0.05) is 23.5 Å². The second-order valence-electron chi connectivity index (χ2n) is 4.36. The Morgan fingerprint density at radius 1 is 1.37 bits per heavy atom. The molecule has 0 spiro atoms. The van der Waals surface area contributed by atoms with E-state index in [4.69, 9.17) is 4.74 Å². The lowest BCUT2D eigenvalue weighted by atomic mass is 10.0. The number of carbonyl (C=O) groups excluding carboxylic acids is 1. The van der Waals surface area contributed by atoms with Crippen LogP contribution in [0.1, 0.15) is 11.1 Å². The molecule has 0 aliphatic carbocycles. The molecular formula is C15H14NO3-. The lowest BCUT2D eigenvalue weighted by molar-refractivity contribution is -0.307. The van der Waals surface area contributed by atoms with Crippen molar-refractivity contribution < 1.29 is 14.6 Å². The molecule has 4 heteroatoms. The monoisotopic (exact) mass is 256 g/mol. The van der Waals surface area contributed by atoms with Crippen LogP contribution in [0.2, 0.25) is 0 Å². The van der Waals surface area contributed by atoms with E-state index in [2.05, 4.69) is 4.98 Å². The van der Waals surface area contributed by atoms with Gasteiger partial charge in [0.1, 0.15) is 12.4 Å². The van der Waals surface area contributed by atoms with Crippen LogP contribution in [0.3, 0.4) is 0 Å². The summed E-state index contributed by atoms with van der Waals surface area (Å²) in [4.78, 5) is 14.6. The van der Waals surface area contributed by atoms with Gasteiger partial charge in [-0.2, -0.15) is 0 Å². The molecule has 19 heavy (non-hydrogen) atoms. The molecule has 0 saturated heterocycles. The number of carbonyl (C=O) groups is 1. The molecule has 0 amide bonds. The smallest absolute Gasteiger partial charge is 0.130 e. The first-order chi connectivity index (χ1) is 9.08. The van der Waals surface area contributed by atoms with Crippen molar-refractivity contribution in [3.63, 3.8) is 0 Å². The summed E-state index contributed by atoms with van der Waals surface area (Å²) in [5, 5.41) is 10.6. The van der Waals surface area contributed by atoms with E-state index in [1.54, 1.807) is 12.4 Å². The number of aryl methyl sites for hydroxylation is 2. The summed E-state index contributed by atoms with van der Waals surface area (Å²) in [5.41, 5.74) is 3.70. The van der Waals surface area contributed by atoms with Crippen molar-refractivity contribution in [2.24, 2.45) is 0 Å². The number of benzene rings is 1. The first-order valence-corrected chi connectivity index (χ1v) is 5.92. The molecule has 0 unspecified atom stereocenters. The van der Waals surface area contributed by atoms with E-state index >= 15 is 0 Å². The second kappa shape index (κ2) is 5.52. The van der Waals surface area contributed by atoms with Crippen LogP contribution in [0.15, 0.2) is 36.7 Å². The molecule has 2 aromatic rings. The fourth-order valence-electron chi connectivity index (χ4n) is 2.01. The molecule has 0 N–H and O–H groups in total. The first kappa shape index (κ1) is 13.1. The molecule has 0 bridgehead atoms. The van der Waals surface area contributed by atoms with Gasteiger partial charge in [0.2, 0.25) is 0 Å². The van der Waals surface area contributed by atoms with Crippen LogP contribution in [0.5, 0.6) is 5.75 Å². The summed E-state index contributed by atoms with van der Waals surface area (Å²) < 4.78 is 5.35. The fraction of sp³-hybridized carbons (Fsp3) is 0.200. The third kappa shape index (κ3) is 3.10. The molecule has 0 radical (unpaired) electrons. The standard InChI is InChI=1S/C15H15NO3/c1-10-6-11(2)15(19-9-14(17)18)13(7-10)12-4-3-5-16-8-12/h3-8H,9H2,1-2H3,(H,17,18)/p-1. The number of carboxylic acid groups (broad SMARTS) is 1. The number of nitrogens with zero attached hydrogens (tertiary/aromatic N) is 1. The Kier molecular flexibility index (Phi) is 3.80. The highest BCUT2D eigenvalue weighted by Crippen LogP contribution is 2.33. The summed E-state index contributed by atoms with van der Waals surface area (Å²) in [6, 6.07) is 7.64. The van der Waals surface area contributed by atoms with Gasteiger partial charge in [-0.05, 0) is 37.1 Å². The van der Waals surface area contributed by atoms with Gasteiger partial charge in [-0.15, -0.1) is 0 Å². The largest absolute Gasteiger partial charge is 0.546 e. The van der Waals surface area contributed by atoms with E-state index in [9.17, 15) is 9.90 Å². The Balaban J connectivity index is 2.48. The van der Waals surface area contributed by atoms with Gasteiger partial charge in [-0.25, -0.2) is 0 Å². The minimum absolute atomic E-state index is 0.461. The Labute approximate surface area is 111 Å². The topological polar surface area (TPSA) is 62.2 Å². The maximum Gasteiger partial charge on any atom is 0.130 e. The van der Waals surface area contributed by atoms with Crippen molar-refractivity contribution in [1.82, 2.24) is 4.98 Å². The predicted octanol–water partition coefficient (Wildman–Crippen LogP) is 1.49. The van der Waals surface area contributed by atoms with E-state index < -0.39 is 12.6 Å². The number of aromatic nitrogens is 1. The summed E-state index contributed by atoms with van der Waals surface area (Å²) in [7, 11) is 0. The van der Waals surface area contributed by atoms with Crippen LogP contribution in [-0.4, -0.2) is 17.6 Å². The van der Waals surface area contributed by atoms with Crippen molar-refractivity contribution in [3.8, 4) is 16.9 Å². The summed E-state index contributed by atoms with van der Waals surface area (Å²) in [6.07, 6.45) is 3.41. The number of ether oxygens (including phenoxy) is 1. The van der Waals surface area contributed by atoms with Crippen LogP contribution in [0.25, 0.3) is 11.1 Å². The maximum atomic E-state index is 10.6. The van der Waals surface area contributed by atoms with Gasteiger partial charge in [-0.1, -0.05) is 12.1 Å². The zero-order valence-electron chi connectivity index (χ0n) is 10.8. The van der Waals surface area contributed by atoms with Crippen LogP contribution < -0.4 is 9.84 Å². The summed E-state index contributed by atoms with van der Waals surface area (Å²) in [6.45, 7) is 3.41. The van der Waals surface area contributed by atoms with Gasteiger partial charge >= 0.3 is 0 Å². The van der Waals surface area contributed by atoms with E-state index in [0.29, 0.717) is 5.75 Å². The van der Waals surface area contributed by atoms with Gasteiger partial charge in [-0.3, -0.25) is 4.98 Å². The van der Waals surface area contributed by atoms with Gasteiger partial charge in [0.15, 0.2) is 0 Å². The highest BCUT2D eigenvalue weighted by molar-refractivity contribution is 5.73. The summed E-state index contributed by atoms with van der Waals surface area (Å²) >= 11 is 0. The SMILES string of the molecule is Cc1cc(C)c(OCC(=O)[O-])c(-c2cccnc2)c1. The van der Waals surface area contributed by atoms with E-state index in [-0.39, 0.29) is 0 Å². The molecule has 2 rings (SSSR count). The van der Waals surface area contributed by atoms with Crippen molar-refractivity contribution in [1.29, 1.82) is 0 Å². The van der Waals surface area contributed by atoms with Crippen LogP contribution in [-0.2, 0) is 4.79 Å². The predicted molar refractivity (Wildman–Crippen MR) is 69.6 cm³/mol. The Morgan fingerprint density at radius 2 is 2.16 bits per heavy atom.